The van der Waals surface area contributed by atoms with Crippen LogP contribution in [0.25, 0.3) is 0 Å². The van der Waals surface area contributed by atoms with Crippen LogP contribution in [0.15, 0.2) is 48.5 Å². The van der Waals surface area contributed by atoms with Gasteiger partial charge in [0.05, 0.1) is 0 Å². The second-order valence-electron chi connectivity index (χ2n) is 6.89. The minimum absolute atomic E-state index is 0.107. The van der Waals surface area contributed by atoms with Crippen LogP contribution in [0.4, 0.5) is 11.4 Å². The molecule has 0 aliphatic carbocycles. The molecule has 0 unspecified atom stereocenters. The molecule has 2 amide bonds. The maximum absolute atomic E-state index is 12.5. The highest BCUT2D eigenvalue weighted by molar-refractivity contribution is 6.03. The van der Waals surface area contributed by atoms with Gasteiger partial charge in [-0.15, -0.1) is 0 Å². The zero-order valence-corrected chi connectivity index (χ0v) is 16.1. The lowest BCUT2D eigenvalue weighted by molar-refractivity contribution is -0.134. The number of anilines is 2. The molecule has 2 aromatic carbocycles. The van der Waals surface area contributed by atoms with E-state index < -0.39 is 0 Å². The molecule has 0 bridgehead atoms. The largest absolute Gasteiger partial charge is 0.368 e. The summed E-state index contributed by atoms with van der Waals surface area (Å²) < 4.78 is 0. The van der Waals surface area contributed by atoms with Crippen molar-refractivity contribution in [3.8, 4) is 0 Å². The maximum Gasteiger partial charge on any atom is 0.233 e. The molecule has 5 nitrogen and oxygen atoms in total. The standard InChI is InChI=1S/C22H27N3O2/c1-3-18-9-5-7-11-20(18)24-12-14-25(15-13-24)22(27)16-21(26)23-19-10-6-4-8-17(19)2/h4-11H,3,12-16H2,1-2H3,(H,23,26). The van der Waals surface area contributed by atoms with E-state index in [0.717, 1.165) is 30.8 Å². The van der Waals surface area contributed by atoms with Gasteiger partial charge in [0.1, 0.15) is 6.42 Å². The van der Waals surface area contributed by atoms with Crippen LogP contribution in [-0.4, -0.2) is 42.9 Å². The number of carbonyl (C=O) groups excluding carboxylic acids is 2. The molecule has 0 spiro atoms. The predicted octanol–water partition coefficient (Wildman–Crippen LogP) is 3.23. The Labute approximate surface area is 161 Å². The Bertz CT molecular complexity index is 811. The van der Waals surface area contributed by atoms with Crippen molar-refractivity contribution in [3.63, 3.8) is 0 Å². The van der Waals surface area contributed by atoms with Gasteiger partial charge in [-0.2, -0.15) is 0 Å². The Morgan fingerprint density at radius 2 is 1.63 bits per heavy atom. The molecule has 2 aromatic rings. The zero-order chi connectivity index (χ0) is 19.2. The lowest BCUT2D eigenvalue weighted by Gasteiger charge is -2.37. The minimum Gasteiger partial charge on any atom is -0.368 e. The molecule has 142 valence electrons. The van der Waals surface area contributed by atoms with Gasteiger partial charge in [0.25, 0.3) is 0 Å². The molecule has 1 saturated heterocycles. The Balaban J connectivity index is 1.52. The van der Waals surface area contributed by atoms with E-state index in [9.17, 15) is 9.59 Å². The van der Waals surface area contributed by atoms with Crippen molar-refractivity contribution in [1.82, 2.24) is 4.90 Å². The molecular weight excluding hydrogens is 338 g/mol. The van der Waals surface area contributed by atoms with Crippen LogP contribution >= 0.6 is 0 Å². The third kappa shape index (κ3) is 4.67. The van der Waals surface area contributed by atoms with Crippen LogP contribution in [0.1, 0.15) is 24.5 Å². The molecule has 0 radical (unpaired) electrons. The number of rotatable bonds is 5. The number of amides is 2. The summed E-state index contributed by atoms with van der Waals surface area (Å²) >= 11 is 0. The summed E-state index contributed by atoms with van der Waals surface area (Å²) in [7, 11) is 0. The van der Waals surface area contributed by atoms with Crippen molar-refractivity contribution in [2.24, 2.45) is 0 Å². The number of hydrogen-bond acceptors (Lipinski definition) is 3. The molecule has 3 rings (SSSR count). The first kappa shape index (κ1) is 19.0. The van der Waals surface area contributed by atoms with Gasteiger partial charge >= 0.3 is 0 Å². The molecule has 0 saturated carbocycles. The zero-order valence-electron chi connectivity index (χ0n) is 16.1. The lowest BCUT2D eigenvalue weighted by atomic mass is 10.1. The summed E-state index contributed by atoms with van der Waals surface area (Å²) in [6.45, 7) is 6.98. The van der Waals surface area contributed by atoms with E-state index in [1.807, 2.05) is 31.2 Å². The van der Waals surface area contributed by atoms with Crippen LogP contribution in [0.2, 0.25) is 0 Å². The molecule has 1 N–H and O–H groups in total. The summed E-state index contributed by atoms with van der Waals surface area (Å²) in [5, 5.41) is 2.83. The molecule has 1 aliphatic rings. The second-order valence-corrected chi connectivity index (χ2v) is 6.89. The van der Waals surface area contributed by atoms with Crippen molar-refractivity contribution in [1.29, 1.82) is 0 Å². The van der Waals surface area contributed by atoms with Gasteiger partial charge in [-0.3, -0.25) is 9.59 Å². The highest BCUT2D eigenvalue weighted by Gasteiger charge is 2.23. The number of aryl methyl sites for hydroxylation is 2. The fraction of sp³-hybridized carbons (Fsp3) is 0.364. The topological polar surface area (TPSA) is 52.7 Å². The Kier molecular flexibility index (Phi) is 6.12. The van der Waals surface area contributed by atoms with E-state index in [1.54, 1.807) is 4.90 Å². The van der Waals surface area contributed by atoms with Crippen molar-refractivity contribution < 1.29 is 9.59 Å². The first-order valence-corrected chi connectivity index (χ1v) is 9.54. The van der Waals surface area contributed by atoms with Gasteiger partial charge in [-0.05, 0) is 36.6 Å². The summed E-state index contributed by atoms with van der Waals surface area (Å²) in [6.07, 6.45) is 0.883. The van der Waals surface area contributed by atoms with Gasteiger partial charge in [-0.1, -0.05) is 43.3 Å². The number of nitrogens with zero attached hydrogens (tertiary/aromatic N) is 2. The van der Waals surface area contributed by atoms with Gasteiger partial charge in [0, 0.05) is 37.6 Å². The van der Waals surface area contributed by atoms with Crippen molar-refractivity contribution >= 4 is 23.2 Å². The Hall–Kier alpha value is -2.82. The first-order valence-electron chi connectivity index (χ1n) is 9.54. The van der Waals surface area contributed by atoms with E-state index in [2.05, 4.69) is 41.4 Å². The third-order valence-electron chi connectivity index (χ3n) is 5.08. The van der Waals surface area contributed by atoms with Crippen LogP contribution in [0.3, 0.4) is 0 Å². The third-order valence-corrected chi connectivity index (χ3v) is 5.08. The van der Waals surface area contributed by atoms with E-state index in [0.29, 0.717) is 13.1 Å². The number of hydrogen-bond donors (Lipinski definition) is 1. The normalized spacial score (nSPS) is 14.1. The molecule has 1 aliphatic heterocycles. The summed E-state index contributed by atoms with van der Waals surface area (Å²) in [4.78, 5) is 28.8. The van der Waals surface area contributed by atoms with E-state index in [-0.39, 0.29) is 18.2 Å². The lowest BCUT2D eigenvalue weighted by Crippen LogP contribution is -2.49. The molecule has 5 heteroatoms. The van der Waals surface area contributed by atoms with Crippen molar-refractivity contribution in [2.45, 2.75) is 26.7 Å². The highest BCUT2D eigenvalue weighted by Crippen LogP contribution is 2.22. The number of para-hydroxylation sites is 2. The molecule has 27 heavy (non-hydrogen) atoms. The average molecular weight is 365 g/mol. The average Bonchev–Trinajstić information content (AvgIpc) is 2.69. The number of carbonyl (C=O) groups is 2. The Morgan fingerprint density at radius 1 is 0.963 bits per heavy atom. The maximum atomic E-state index is 12.5. The van der Waals surface area contributed by atoms with Crippen molar-refractivity contribution in [3.05, 3.63) is 59.7 Å². The summed E-state index contributed by atoms with van der Waals surface area (Å²) in [6, 6.07) is 16.0. The Morgan fingerprint density at radius 3 is 2.33 bits per heavy atom. The first-order chi connectivity index (χ1) is 13.1. The second kappa shape index (κ2) is 8.71. The highest BCUT2D eigenvalue weighted by atomic mass is 16.2. The van der Waals surface area contributed by atoms with Gasteiger partial charge in [-0.25, -0.2) is 0 Å². The van der Waals surface area contributed by atoms with Gasteiger partial charge < -0.3 is 15.1 Å². The molecular formula is C22H27N3O2. The monoisotopic (exact) mass is 365 g/mol. The van der Waals surface area contributed by atoms with Crippen LogP contribution < -0.4 is 10.2 Å². The SMILES string of the molecule is CCc1ccccc1N1CCN(C(=O)CC(=O)Nc2ccccc2C)CC1. The number of piperazine rings is 1. The van der Waals surface area contributed by atoms with Crippen LogP contribution in [0.5, 0.6) is 0 Å². The smallest absolute Gasteiger partial charge is 0.233 e. The van der Waals surface area contributed by atoms with Crippen LogP contribution in [0, 0.1) is 6.92 Å². The molecule has 1 heterocycles. The van der Waals surface area contributed by atoms with Crippen molar-refractivity contribution in [2.75, 3.05) is 36.4 Å². The summed E-state index contributed by atoms with van der Waals surface area (Å²) in [5.41, 5.74) is 4.33. The van der Waals surface area contributed by atoms with Gasteiger partial charge in [0.15, 0.2) is 0 Å². The van der Waals surface area contributed by atoms with E-state index in [1.165, 1.54) is 11.3 Å². The molecule has 1 fully saturated rings. The molecule has 0 atom stereocenters. The minimum atomic E-state index is -0.256. The number of nitrogens with one attached hydrogen (secondary N) is 1. The quantitative estimate of drug-likeness (QED) is 0.828. The van der Waals surface area contributed by atoms with Crippen LogP contribution in [-0.2, 0) is 16.0 Å². The summed E-state index contributed by atoms with van der Waals surface area (Å²) in [5.74, 6) is -0.363. The predicted molar refractivity (Wildman–Crippen MR) is 109 cm³/mol. The fourth-order valence-corrected chi connectivity index (χ4v) is 3.47. The van der Waals surface area contributed by atoms with Gasteiger partial charge in [0.2, 0.25) is 11.8 Å². The van der Waals surface area contributed by atoms with E-state index >= 15 is 0 Å². The number of benzene rings is 2. The van der Waals surface area contributed by atoms with E-state index in [4.69, 9.17) is 0 Å². The molecule has 0 aromatic heterocycles. The fourth-order valence-electron chi connectivity index (χ4n) is 3.47.